The average Bonchev–Trinajstić information content (AvgIpc) is 2.42. The molecule has 1 aliphatic rings. The number of carbonyl (C=O) groups is 1. The Labute approximate surface area is 114 Å². The Bertz CT molecular complexity index is 451. The van der Waals surface area contributed by atoms with E-state index in [-0.39, 0.29) is 17.7 Å². The van der Waals surface area contributed by atoms with Gasteiger partial charge in [0.05, 0.1) is 5.56 Å². The van der Waals surface area contributed by atoms with Crippen molar-refractivity contribution in [2.24, 2.45) is 0 Å². The van der Waals surface area contributed by atoms with Crippen LogP contribution in [0, 0.1) is 6.92 Å². The van der Waals surface area contributed by atoms with Gasteiger partial charge in [0, 0.05) is 12.1 Å². The topological polar surface area (TPSA) is 61.4 Å². The molecule has 1 amide bonds. The van der Waals surface area contributed by atoms with E-state index in [2.05, 4.69) is 10.6 Å². The van der Waals surface area contributed by atoms with Crippen molar-refractivity contribution in [3.63, 3.8) is 0 Å². The zero-order valence-corrected chi connectivity index (χ0v) is 11.6. The molecule has 0 aromatic heterocycles. The summed E-state index contributed by atoms with van der Waals surface area (Å²) in [6.07, 6.45) is 4.15. The van der Waals surface area contributed by atoms with E-state index in [1.165, 1.54) is 0 Å². The van der Waals surface area contributed by atoms with E-state index >= 15 is 0 Å². The van der Waals surface area contributed by atoms with Crippen molar-refractivity contribution in [3.8, 4) is 5.75 Å². The second-order valence-electron chi connectivity index (χ2n) is 5.33. The summed E-state index contributed by atoms with van der Waals surface area (Å²) >= 11 is 0. The Morgan fingerprint density at radius 1 is 1.21 bits per heavy atom. The number of phenols is 1. The van der Waals surface area contributed by atoms with Crippen LogP contribution in [-0.4, -0.2) is 30.1 Å². The van der Waals surface area contributed by atoms with Gasteiger partial charge in [-0.2, -0.15) is 0 Å². The van der Waals surface area contributed by atoms with Crippen molar-refractivity contribution in [2.75, 3.05) is 7.05 Å². The van der Waals surface area contributed by atoms with Gasteiger partial charge in [0.25, 0.3) is 5.91 Å². The summed E-state index contributed by atoms with van der Waals surface area (Å²) in [7, 11) is 1.98. The fourth-order valence-corrected chi connectivity index (χ4v) is 2.62. The van der Waals surface area contributed by atoms with Crippen LogP contribution in [0.25, 0.3) is 0 Å². The minimum absolute atomic E-state index is 0.0482. The molecule has 19 heavy (non-hydrogen) atoms. The Kier molecular flexibility index (Phi) is 4.43. The minimum Gasteiger partial charge on any atom is -0.507 e. The molecule has 0 heterocycles. The van der Waals surface area contributed by atoms with Gasteiger partial charge in [-0.1, -0.05) is 11.6 Å². The number of aryl methyl sites for hydroxylation is 1. The van der Waals surface area contributed by atoms with E-state index in [9.17, 15) is 9.90 Å². The number of nitrogens with one attached hydrogen (secondary N) is 2. The third kappa shape index (κ3) is 3.47. The van der Waals surface area contributed by atoms with Crippen molar-refractivity contribution in [1.82, 2.24) is 10.6 Å². The molecule has 1 aliphatic carbocycles. The predicted octanol–water partition coefficient (Wildman–Crippen LogP) is 1.96. The lowest BCUT2D eigenvalue weighted by Crippen LogP contribution is -2.41. The summed E-state index contributed by atoms with van der Waals surface area (Å²) in [5, 5.41) is 16.0. The number of carbonyl (C=O) groups excluding carboxylic acids is 1. The van der Waals surface area contributed by atoms with Gasteiger partial charge in [-0.3, -0.25) is 4.79 Å². The van der Waals surface area contributed by atoms with Crippen LogP contribution in [0.4, 0.5) is 0 Å². The summed E-state index contributed by atoms with van der Waals surface area (Å²) in [5.41, 5.74) is 1.34. The number of benzene rings is 1. The van der Waals surface area contributed by atoms with Gasteiger partial charge in [0.2, 0.25) is 0 Å². The van der Waals surface area contributed by atoms with Crippen molar-refractivity contribution in [3.05, 3.63) is 29.3 Å². The molecule has 1 fully saturated rings. The van der Waals surface area contributed by atoms with Crippen molar-refractivity contribution in [1.29, 1.82) is 0 Å². The van der Waals surface area contributed by atoms with E-state index in [0.29, 0.717) is 11.6 Å². The highest BCUT2D eigenvalue weighted by Gasteiger charge is 2.22. The fourth-order valence-electron chi connectivity index (χ4n) is 2.62. The van der Waals surface area contributed by atoms with Gasteiger partial charge in [-0.25, -0.2) is 0 Å². The molecule has 0 aliphatic heterocycles. The predicted molar refractivity (Wildman–Crippen MR) is 75.4 cm³/mol. The van der Waals surface area contributed by atoms with Crippen LogP contribution in [0.2, 0.25) is 0 Å². The summed E-state index contributed by atoms with van der Waals surface area (Å²) < 4.78 is 0. The number of aromatic hydroxyl groups is 1. The summed E-state index contributed by atoms with van der Waals surface area (Å²) in [4.78, 5) is 12.2. The third-order valence-corrected chi connectivity index (χ3v) is 3.87. The molecule has 1 aromatic carbocycles. The summed E-state index contributed by atoms with van der Waals surface area (Å²) in [5.74, 6) is -0.124. The number of hydrogen-bond donors (Lipinski definition) is 3. The van der Waals surface area contributed by atoms with Gasteiger partial charge >= 0.3 is 0 Å². The smallest absolute Gasteiger partial charge is 0.255 e. The van der Waals surface area contributed by atoms with Gasteiger partial charge in [-0.15, -0.1) is 0 Å². The van der Waals surface area contributed by atoms with E-state index in [0.717, 1.165) is 31.2 Å². The van der Waals surface area contributed by atoms with Crippen molar-refractivity contribution >= 4 is 5.91 Å². The molecule has 0 bridgehead atoms. The number of rotatable bonds is 3. The molecule has 0 radical (unpaired) electrons. The summed E-state index contributed by atoms with van der Waals surface area (Å²) in [6.45, 7) is 1.91. The Morgan fingerprint density at radius 2 is 1.84 bits per heavy atom. The molecule has 2 rings (SSSR count). The largest absolute Gasteiger partial charge is 0.507 e. The number of amides is 1. The fraction of sp³-hybridized carbons (Fsp3) is 0.533. The molecule has 0 saturated heterocycles. The minimum atomic E-state index is -0.172. The van der Waals surface area contributed by atoms with Crippen LogP contribution in [0.15, 0.2) is 18.2 Å². The standard InChI is InChI=1S/C15H22N2O2/c1-10-3-8-14(18)13(9-10)15(19)17-12-6-4-11(16-2)5-7-12/h3,8-9,11-12,16,18H,4-7H2,1-2H3,(H,17,19). The molecular weight excluding hydrogens is 240 g/mol. The number of hydrogen-bond acceptors (Lipinski definition) is 3. The maximum absolute atomic E-state index is 12.2. The molecule has 104 valence electrons. The normalized spacial score (nSPS) is 23.1. The van der Waals surface area contributed by atoms with Crippen LogP contribution >= 0.6 is 0 Å². The highest BCUT2D eigenvalue weighted by Crippen LogP contribution is 2.21. The average molecular weight is 262 g/mol. The Balaban J connectivity index is 1.96. The maximum Gasteiger partial charge on any atom is 0.255 e. The zero-order chi connectivity index (χ0) is 13.8. The van der Waals surface area contributed by atoms with Crippen LogP contribution in [-0.2, 0) is 0 Å². The molecule has 0 atom stereocenters. The van der Waals surface area contributed by atoms with E-state index < -0.39 is 0 Å². The van der Waals surface area contributed by atoms with Gasteiger partial charge < -0.3 is 15.7 Å². The molecular formula is C15H22N2O2. The lowest BCUT2D eigenvalue weighted by molar-refractivity contribution is 0.0922. The molecule has 1 saturated carbocycles. The first-order valence-electron chi connectivity index (χ1n) is 6.88. The molecule has 1 aromatic rings. The zero-order valence-electron chi connectivity index (χ0n) is 11.6. The Morgan fingerprint density at radius 3 is 2.47 bits per heavy atom. The first kappa shape index (κ1) is 13.9. The SMILES string of the molecule is CNC1CCC(NC(=O)c2cc(C)ccc2O)CC1. The molecule has 0 unspecified atom stereocenters. The Hall–Kier alpha value is -1.55. The van der Waals surface area contributed by atoms with E-state index in [4.69, 9.17) is 0 Å². The van der Waals surface area contributed by atoms with E-state index in [1.54, 1.807) is 18.2 Å². The van der Waals surface area contributed by atoms with Crippen molar-refractivity contribution in [2.45, 2.75) is 44.7 Å². The van der Waals surface area contributed by atoms with E-state index in [1.807, 2.05) is 14.0 Å². The molecule has 3 N–H and O–H groups in total. The third-order valence-electron chi connectivity index (χ3n) is 3.87. The second kappa shape index (κ2) is 6.06. The number of phenolic OH excluding ortho intramolecular Hbond substituents is 1. The molecule has 0 spiro atoms. The maximum atomic E-state index is 12.2. The first-order valence-corrected chi connectivity index (χ1v) is 6.88. The van der Waals surface area contributed by atoms with Crippen molar-refractivity contribution < 1.29 is 9.90 Å². The lowest BCUT2D eigenvalue weighted by atomic mass is 9.91. The van der Waals surface area contributed by atoms with Crippen LogP contribution in [0.5, 0.6) is 5.75 Å². The van der Waals surface area contributed by atoms with Gasteiger partial charge in [0.1, 0.15) is 5.75 Å². The highest BCUT2D eigenvalue weighted by molar-refractivity contribution is 5.97. The van der Waals surface area contributed by atoms with Crippen LogP contribution in [0.1, 0.15) is 41.6 Å². The quantitative estimate of drug-likeness (QED) is 0.780. The summed E-state index contributed by atoms with van der Waals surface area (Å²) in [6, 6.07) is 5.88. The van der Waals surface area contributed by atoms with Gasteiger partial charge in [-0.05, 0) is 51.8 Å². The second-order valence-corrected chi connectivity index (χ2v) is 5.33. The van der Waals surface area contributed by atoms with Crippen LogP contribution < -0.4 is 10.6 Å². The molecule has 4 nitrogen and oxygen atoms in total. The lowest BCUT2D eigenvalue weighted by Gasteiger charge is -2.28. The highest BCUT2D eigenvalue weighted by atomic mass is 16.3. The molecule has 4 heteroatoms. The van der Waals surface area contributed by atoms with Crippen LogP contribution in [0.3, 0.4) is 0 Å². The monoisotopic (exact) mass is 262 g/mol. The first-order chi connectivity index (χ1) is 9.10. The van der Waals surface area contributed by atoms with Gasteiger partial charge in [0.15, 0.2) is 0 Å².